The summed E-state index contributed by atoms with van der Waals surface area (Å²) < 4.78 is 19.2. The molecule has 0 aliphatic carbocycles. The van der Waals surface area contributed by atoms with Gasteiger partial charge < -0.3 is 9.84 Å². The summed E-state index contributed by atoms with van der Waals surface area (Å²) in [5, 5.41) is 9.37. The Morgan fingerprint density at radius 1 is 1.37 bits per heavy atom. The van der Waals surface area contributed by atoms with Crippen LogP contribution in [0, 0.1) is 12.7 Å². The summed E-state index contributed by atoms with van der Waals surface area (Å²) in [6, 6.07) is 8.23. The monoisotopic (exact) mass is 261 g/mol. The maximum absolute atomic E-state index is 13.8. The van der Waals surface area contributed by atoms with Gasteiger partial charge in [-0.25, -0.2) is 4.39 Å². The number of hydrogen-bond donors (Lipinski definition) is 1. The number of benzene rings is 1. The second kappa shape index (κ2) is 5.80. The minimum absolute atomic E-state index is 0.162. The standard InChI is InChI=1S/C15H16FNO2/c1-10-4-3-7-17-14(10)9-19-15-6-5-12(11(2)18)8-13(15)16/h3-8,11,18H,9H2,1-2H3/t11-/m1/s1. The van der Waals surface area contributed by atoms with Crippen molar-refractivity contribution in [3.8, 4) is 5.75 Å². The third-order valence-electron chi connectivity index (χ3n) is 2.92. The van der Waals surface area contributed by atoms with Gasteiger partial charge >= 0.3 is 0 Å². The molecule has 100 valence electrons. The molecule has 1 N–H and O–H groups in total. The van der Waals surface area contributed by atoms with Crippen LogP contribution in [0.5, 0.6) is 5.75 Å². The molecule has 2 rings (SSSR count). The Morgan fingerprint density at radius 3 is 2.79 bits per heavy atom. The van der Waals surface area contributed by atoms with Crippen molar-refractivity contribution >= 4 is 0 Å². The first-order valence-electron chi connectivity index (χ1n) is 6.08. The number of aliphatic hydroxyl groups is 1. The number of ether oxygens (including phenoxy) is 1. The van der Waals surface area contributed by atoms with Crippen LogP contribution in [0.1, 0.15) is 29.8 Å². The van der Waals surface area contributed by atoms with Crippen LogP contribution in [0.4, 0.5) is 4.39 Å². The third kappa shape index (κ3) is 3.29. The maximum atomic E-state index is 13.8. The molecule has 1 aromatic heterocycles. The molecule has 0 spiro atoms. The van der Waals surface area contributed by atoms with E-state index in [4.69, 9.17) is 4.74 Å². The van der Waals surface area contributed by atoms with Crippen molar-refractivity contribution in [2.45, 2.75) is 26.6 Å². The van der Waals surface area contributed by atoms with Gasteiger partial charge in [-0.15, -0.1) is 0 Å². The van der Waals surface area contributed by atoms with Gasteiger partial charge in [0, 0.05) is 6.20 Å². The van der Waals surface area contributed by atoms with E-state index in [0.29, 0.717) is 5.56 Å². The Morgan fingerprint density at radius 2 is 2.16 bits per heavy atom. The Hall–Kier alpha value is -1.94. The molecule has 2 aromatic rings. The second-order valence-electron chi connectivity index (χ2n) is 4.42. The summed E-state index contributed by atoms with van der Waals surface area (Å²) in [6.07, 6.45) is 0.986. The third-order valence-corrected chi connectivity index (χ3v) is 2.92. The molecule has 1 atom stereocenters. The number of nitrogens with zero attached hydrogens (tertiary/aromatic N) is 1. The van der Waals surface area contributed by atoms with Crippen LogP contribution in [0.25, 0.3) is 0 Å². The van der Waals surface area contributed by atoms with E-state index in [9.17, 15) is 9.50 Å². The maximum Gasteiger partial charge on any atom is 0.165 e. The van der Waals surface area contributed by atoms with E-state index in [1.165, 1.54) is 12.1 Å². The van der Waals surface area contributed by atoms with Crippen molar-refractivity contribution in [1.29, 1.82) is 0 Å². The topological polar surface area (TPSA) is 42.4 Å². The Balaban J connectivity index is 2.10. The van der Waals surface area contributed by atoms with Crippen molar-refractivity contribution < 1.29 is 14.2 Å². The summed E-state index contributed by atoms with van der Waals surface area (Å²) >= 11 is 0. The van der Waals surface area contributed by atoms with E-state index in [0.717, 1.165) is 11.3 Å². The highest BCUT2D eigenvalue weighted by atomic mass is 19.1. The average Bonchev–Trinajstić information content (AvgIpc) is 2.39. The van der Waals surface area contributed by atoms with Crippen molar-refractivity contribution in [3.05, 3.63) is 59.2 Å². The fourth-order valence-electron chi connectivity index (χ4n) is 1.71. The molecule has 3 nitrogen and oxygen atoms in total. The van der Waals surface area contributed by atoms with Crippen LogP contribution in [-0.2, 0) is 6.61 Å². The first-order chi connectivity index (χ1) is 9.08. The van der Waals surface area contributed by atoms with Crippen molar-refractivity contribution in [1.82, 2.24) is 4.98 Å². The van der Waals surface area contributed by atoms with Crippen molar-refractivity contribution in [2.75, 3.05) is 0 Å². The van der Waals surface area contributed by atoms with E-state index in [2.05, 4.69) is 4.98 Å². The molecule has 0 saturated carbocycles. The highest BCUT2D eigenvalue weighted by molar-refractivity contribution is 5.30. The molecular formula is C15H16FNO2. The van der Waals surface area contributed by atoms with Gasteiger partial charge in [0.15, 0.2) is 11.6 Å². The zero-order chi connectivity index (χ0) is 13.8. The van der Waals surface area contributed by atoms with Crippen molar-refractivity contribution in [3.63, 3.8) is 0 Å². The van der Waals surface area contributed by atoms with Crippen LogP contribution < -0.4 is 4.74 Å². The number of hydrogen-bond acceptors (Lipinski definition) is 3. The van der Waals surface area contributed by atoms with Crippen LogP contribution in [0.3, 0.4) is 0 Å². The zero-order valence-corrected chi connectivity index (χ0v) is 10.9. The number of aryl methyl sites for hydroxylation is 1. The predicted molar refractivity (Wildman–Crippen MR) is 70.3 cm³/mol. The lowest BCUT2D eigenvalue weighted by Crippen LogP contribution is -2.02. The predicted octanol–water partition coefficient (Wildman–Crippen LogP) is 3.16. The van der Waals surface area contributed by atoms with Crippen molar-refractivity contribution in [2.24, 2.45) is 0 Å². The molecule has 4 heteroatoms. The normalized spacial score (nSPS) is 12.2. The lowest BCUT2D eigenvalue weighted by Gasteiger charge is -2.10. The van der Waals surface area contributed by atoms with Gasteiger partial charge in [0.25, 0.3) is 0 Å². The van der Waals surface area contributed by atoms with E-state index in [1.807, 2.05) is 19.1 Å². The average molecular weight is 261 g/mol. The fraction of sp³-hybridized carbons (Fsp3) is 0.267. The minimum atomic E-state index is -0.693. The molecule has 0 unspecified atom stereocenters. The van der Waals surface area contributed by atoms with E-state index < -0.39 is 11.9 Å². The van der Waals surface area contributed by atoms with Gasteiger partial charge in [-0.05, 0) is 43.2 Å². The molecule has 0 radical (unpaired) electrons. The lowest BCUT2D eigenvalue weighted by molar-refractivity contribution is 0.198. The minimum Gasteiger partial charge on any atom is -0.484 e. The van der Waals surface area contributed by atoms with Gasteiger partial charge in [0.05, 0.1) is 11.8 Å². The summed E-state index contributed by atoms with van der Waals surface area (Å²) in [5.41, 5.74) is 2.31. The van der Waals surface area contributed by atoms with E-state index in [-0.39, 0.29) is 12.4 Å². The largest absolute Gasteiger partial charge is 0.484 e. The molecule has 0 aliphatic rings. The number of halogens is 1. The molecule has 1 aromatic carbocycles. The Kier molecular flexibility index (Phi) is 4.12. The van der Waals surface area contributed by atoms with Crippen LogP contribution >= 0.6 is 0 Å². The molecule has 0 amide bonds. The van der Waals surface area contributed by atoms with Gasteiger partial charge in [0.1, 0.15) is 6.61 Å². The SMILES string of the molecule is Cc1cccnc1COc1ccc([C@@H](C)O)cc1F. The lowest BCUT2D eigenvalue weighted by atomic mass is 10.1. The van der Waals surface area contributed by atoms with Gasteiger partial charge in [0.2, 0.25) is 0 Å². The van der Waals surface area contributed by atoms with Crippen LogP contribution in [0.15, 0.2) is 36.5 Å². The van der Waals surface area contributed by atoms with Crippen LogP contribution in [-0.4, -0.2) is 10.1 Å². The number of aromatic nitrogens is 1. The first kappa shape index (κ1) is 13.5. The number of aliphatic hydroxyl groups excluding tert-OH is 1. The highest BCUT2D eigenvalue weighted by Crippen LogP contribution is 2.22. The van der Waals surface area contributed by atoms with Gasteiger partial charge in [-0.3, -0.25) is 4.98 Å². The van der Waals surface area contributed by atoms with Gasteiger partial charge in [-0.2, -0.15) is 0 Å². The Labute approximate surface area is 111 Å². The Bertz CT molecular complexity index is 570. The van der Waals surface area contributed by atoms with E-state index >= 15 is 0 Å². The summed E-state index contributed by atoms with van der Waals surface area (Å²) in [7, 11) is 0. The molecule has 0 fully saturated rings. The molecule has 1 heterocycles. The van der Waals surface area contributed by atoms with Gasteiger partial charge in [-0.1, -0.05) is 12.1 Å². The molecule has 0 aliphatic heterocycles. The first-order valence-corrected chi connectivity index (χ1v) is 6.08. The summed E-state index contributed by atoms with van der Waals surface area (Å²) in [5.74, 6) is -0.318. The number of rotatable bonds is 4. The fourth-order valence-corrected chi connectivity index (χ4v) is 1.71. The smallest absolute Gasteiger partial charge is 0.165 e. The molecular weight excluding hydrogens is 245 g/mol. The highest BCUT2D eigenvalue weighted by Gasteiger charge is 2.09. The number of pyridine rings is 1. The molecule has 19 heavy (non-hydrogen) atoms. The summed E-state index contributed by atoms with van der Waals surface area (Å²) in [6.45, 7) is 3.74. The molecule has 0 bridgehead atoms. The van der Waals surface area contributed by atoms with E-state index in [1.54, 1.807) is 19.2 Å². The van der Waals surface area contributed by atoms with Crippen LogP contribution in [0.2, 0.25) is 0 Å². The zero-order valence-electron chi connectivity index (χ0n) is 10.9. The quantitative estimate of drug-likeness (QED) is 0.919. The molecule has 0 saturated heterocycles. The second-order valence-corrected chi connectivity index (χ2v) is 4.42. The summed E-state index contributed by atoms with van der Waals surface area (Å²) in [4.78, 5) is 4.18.